The van der Waals surface area contributed by atoms with Crippen molar-refractivity contribution in [1.82, 2.24) is 0 Å². The third-order valence-electron chi connectivity index (χ3n) is 2.28. The van der Waals surface area contributed by atoms with Crippen molar-refractivity contribution in [2.24, 2.45) is 5.92 Å². The molecule has 0 saturated heterocycles. The second-order valence-corrected chi connectivity index (χ2v) is 5.39. The molecule has 84 valence electrons. The van der Waals surface area contributed by atoms with Crippen LogP contribution in [0.4, 0.5) is 0 Å². The summed E-state index contributed by atoms with van der Waals surface area (Å²) in [4.78, 5) is 0. The smallest absolute Gasteiger partial charge is 0.120 e. The van der Waals surface area contributed by atoms with E-state index in [1.54, 1.807) is 0 Å². The first-order valence-corrected chi connectivity index (χ1v) is 7.08. The van der Waals surface area contributed by atoms with Crippen molar-refractivity contribution in [2.45, 2.75) is 19.8 Å². The molecule has 1 atom stereocenters. The van der Waals surface area contributed by atoms with Crippen LogP contribution in [-0.2, 0) is 0 Å². The van der Waals surface area contributed by atoms with Crippen LogP contribution in [0.3, 0.4) is 0 Å². The van der Waals surface area contributed by atoms with Crippen molar-refractivity contribution in [3.63, 3.8) is 0 Å². The zero-order valence-corrected chi connectivity index (χ0v) is 12.1. The molecule has 0 bridgehead atoms. The maximum Gasteiger partial charge on any atom is 0.120 e. The quantitative estimate of drug-likeness (QED) is 0.688. The summed E-state index contributed by atoms with van der Waals surface area (Å²) < 4.78 is 6.72. The van der Waals surface area contributed by atoms with Gasteiger partial charge in [0.05, 0.1) is 6.61 Å². The van der Waals surface area contributed by atoms with E-state index in [0.717, 1.165) is 34.5 Å². The van der Waals surface area contributed by atoms with Crippen LogP contribution in [0, 0.1) is 5.92 Å². The van der Waals surface area contributed by atoms with E-state index in [2.05, 4.69) is 38.8 Å². The first-order chi connectivity index (χ1) is 7.22. The van der Waals surface area contributed by atoms with Crippen molar-refractivity contribution in [1.29, 1.82) is 0 Å². The molecule has 0 fully saturated rings. The molecule has 3 heteroatoms. The molecule has 0 N–H and O–H groups in total. The van der Waals surface area contributed by atoms with Gasteiger partial charge in [-0.3, -0.25) is 0 Å². The van der Waals surface area contributed by atoms with E-state index in [9.17, 15) is 0 Å². The Morgan fingerprint density at radius 1 is 1.33 bits per heavy atom. The van der Waals surface area contributed by atoms with Crippen LogP contribution in [0.5, 0.6) is 5.75 Å². The van der Waals surface area contributed by atoms with Gasteiger partial charge in [0.1, 0.15) is 5.75 Å². The van der Waals surface area contributed by atoms with E-state index in [-0.39, 0.29) is 0 Å². The van der Waals surface area contributed by atoms with Crippen molar-refractivity contribution >= 4 is 31.9 Å². The largest absolute Gasteiger partial charge is 0.494 e. The second-order valence-electron chi connectivity index (χ2n) is 3.68. The van der Waals surface area contributed by atoms with Gasteiger partial charge in [0.25, 0.3) is 0 Å². The average molecular weight is 336 g/mol. The fourth-order valence-electron chi connectivity index (χ4n) is 1.27. The average Bonchev–Trinajstić information content (AvgIpc) is 2.18. The van der Waals surface area contributed by atoms with Crippen molar-refractivity contribution in [3.8, 4) is 5.75 Å². The maximum atomic E-state index is 5.66. The lowest BCUT2D eigenvalue weighted by Gasteiger charge is -2.10. The van der Waals surface area contributed by atoms with Gasteiger partial charge in [-0.05, 0) is 37.0 Å². The van der Waals surface area contributed by atoms with E-state index in [1.807, 2.05) is 24.3 Å². The molecule has 0 spiro atoms. The van der Waals surface area contributed by atoms with Crippen LogP contribution in [0.15, 0.2) is 28.7 Å². The van der Waals surface area contributed by atoms with Gasteiger partial charge in [-0.2, -0.15) is 0 Å². The molecule has 0 amide bonds. The molecule has 0 aliphatic carbocycles. The SMILES string of the molecule is CC(CCBr)CCOc1cccc(Br)c1. The fourth-order valence-corrected chi connectivity index (χ4v) is 2.43. The standard InChI is InChI=1S/C12H16Br2O/c1-10(5-7-13)6-8-15-12-4-2-3-11(14)9-12/h2-4,9-10H,5-8H2,1H3. The molecule has 1 aromatic rings. The third kappa shape index (κ3) is 5.57. The predicted molar refractivity (Wildman–Crippen MR) is 71.8 cm³/mol. The summed E-state index contributed by atoms with van der Waals surface area (Å²) in [6, 6.07) is 7.97. The predicted octanol–water partition coefficient (Wildman–Crippen LogP) is 4.64. The highest BCUT2D eigenvalue weighted by atomic mass is 79.9. The Morgan fingerprint density at radius 2 is 2.13 bits per heavy atom. The number of rotatable bonds is 6. The number of hydrogen-bond acceptors (Lipinski definition) is 1. The van der Waals surface area contributed by atoms with Gasteiger partial charge in [-0.25, -0.2) is 0 Å². The molecule has 0 aliphatic rings. The number of alkyl halides is 1. The minimum Gasteiger partial charge on any atom is -0.494 e. The molecular formula is C12H16Br2O. The molecule has 0 heterocycles. The highest BCUT2D eigenvalue weighted by Gasteiger charge is 2.01. The molecule has 0 aliphatic heterocycles. The number of ether oxygens (including phenoxy) is 1. The summed E-state index contributed by atoms with van der Waals surface area (Å²) in [6.07, 6.45) is 2.32. The molecule has 1 aromatic carbocycles. The monoisotopic (exact) mass is 334 g/mol. The van der Waals surface area contributed by atoms with Gasteiger partial charge in [0.2, 0.25) is 0 Å². The van der Waals surface area contributed by atoms with Crippen molar-refractivity contribution < 1.29 is 4.74 Å². The molecule has 0 radical (unpaired) electrons. The second kappa shape index (κ2) is 7.29. The Morgan fingerprint density at radius 3 is 2.80 bits per heavy atom. The van der Waals surface area contributed by atoms with E-state index in [1.165, 1.54) is 6.42 Å². The normalized spacial score (nSPS) is 12.5. The summed E-state index contributed by atoms with van der Waals surface area (Å²) in [5.74, 6) is 1.66. The van der Waals surface area contributed by atoms with Crippen LogP contribution in [0.25, 0.3) is 0 Å². The number of halogens is 2. The van der Waals surface area contributed by atoms with Gasteiger partial charge in [-0.1, -0.05) is 44.8 Å². The summed E-state index contributed by atoms with van der Waals surface area (Å²) in [7, 11) is 0. The van der Waals surface area contributed by atoms with Crippen molar-refractivity contribution in [3.05, 3.63) is 28.7 Å². The van der Waals surface area contributed by atoms with Crippen molar-refractivity contribution in [2.75, 3.05) is 11.9 Å². The minimum atomic E-state index is 0.719. The lowest BCUT2D eigenvalue weighted by molar-refractivity contribution is 0.282. The Bertz CT molecular complexity index is 289. The molecule has 0 saturated carbocycles. The Balaban J connectivity index is 2.25. The molecular weight excluding hydrogens is 320 g/mol. The highest BCUT2D eigenvalue weighted by Crippen LogP contribution is 2.18. The molecule has 15 heavy (non-hydrogen) atoms. The molecule has 1 unspecified atom stereocenters. The first-order valence-electron chi connectivity index (χ1n) is 5.16. The van der Waals surface area contributed by atoms with Crippen LogP contribution < -0.4 is 4.74 Å². The number of hydrogen-bond donors (Lipinski definition) is 0. The number of benzene rings is 1. The van der Waals surface area contributed by atoms with E-state index in [0.29, 0.717) is 0 Å². The van der Waals surface area contributed by atoms with E-state index < -0.39 is 0 Å². The maximum absolute atomic E-state index is 5.66. The van der Waals surface area contributed by atoms with Gasteiger partial charge in [0, 0.05) is 9.80 Å². The zero-order valence-electron chi connectivity index (χ0n) is 8.88. The Hall–Kier alpha value is -0.0200. The van der Waals surface area contributed by atoms with Gasteiger partial charge < -0.3 is 4.74 Å². The summed E-state index contributed by atoms with van der Waals surface area (Å²) in [5, 5.41) is 1.07. The van der Waals surface area contributed by atoms with Gasteiger partial charge in [-0.15, -0.1) is 0 Å². The van der Waals surface area contributed by atoms with Crippen LogP contribution in [0.1, 0.15) is 19.8 Å². The summed E-state index contributed by atoms with van der Waals surface area (Å²) in [6.45, 7) is 3.05. The fraction of sp³-hybridized carbons (Fsp3) is 0.500. The van der Waals surface area contributed by atoms with Gasteiger partial charge in [0.15, 0.2) is 0 Å². The van der Waals surface area contributed by atoms with Gasteiger partial charge >= 0.3 is 0 Å². The zero-order chi connectivity index (χ0) is 11.1. The third-order valence-corrected chi connectivity index (χ3v) is 3.23. The first kappa shape index (κ1) is 13.0. The Labute approximate surface area is 108 Å². The van der Waals surface area contributed by atoms with Crippen LogP contribution in [-0.4, -0.2) is 11.9 Å². The molecule has 1 rings (SSSR count). The van der Waals surface area contributed by atoms with E-state index in [4.69, 9.17) is 4.74 Å². The lowest BCUT2D eigenvalue weighted by atomic mass is 10.1. The van der Waals surface area contributed by atoms with Crippen LogP contribution in [0.2, 0.25) is 0 Å². The Kier molecular flexibility index (Phi) is 6.34. The molecule has 1 nitrogen and oxygen atoms in total. The summed E-state index contributed by atoms with van der Waals surface area (Å²) >= 11 is 6.87. The highest BCUT2D eigenvalue weighted by molar-refractivity contribution is 9.10. The minimum absolute atomic E-state index is 0.719. The lowest BCUT2D eigenvalue weighted by Crippen LogP contribution is -2.04. The molecule has 0 aromatic heterocycles. The topological polar surface area (TPSA) is 9.23 Å². The van der Waals surface area contributed by atoms with E-state index >= 15 is 0 Å². The summed E-state index contributed by atoms with van der Waals surface area (Å²) in [5.41, 5.74) is 0. The van der Waals surface area contributed by atoms with Crippen LogP contribution >= 0.6 is 31.9 Å².